The molecule has 0 spiro atoms. The molecule has 0 aliphatic heterocycles. The van der Waals surface area contributed by atoms with Gasteiger partial charge in [0.25, 0.3) is 0 Å². The first-order valence-electron chi connectivity index (χ1n) is 3.76. The van der Waals surface area contributed by atoms with Crippen LogP contribution in [0.2, 0.25) is 0 Å². The van der Waals surface area contributed by atoms with Crippen molar-refractivity contribution in [2.45, 2.75) is 19.4 Å². The Morgan fingerprint density at radius 3 is 2.62 bits per heavy atom. The topological polar surface area (TPSA) is 78.6 Å². The van der Waals surface area contributed by atoms with E-state index in [9.17, 15) is 9.59 Å². The highest BCUT2D eigenvalue weighted by Crippen LogP contribution is 1.98. The molecule has 0 bridgehead atoms. The van der Waals surface area contributed by atoms with E-state index in [1.54, 1.807) is 13.0 Å². The number of carbonyl (C=O) groups is 2. The molecular weight excluding hydrogens is 174 g/mol. The lowest BCUT2D eigenvalue weighted by Crippen LogP contribution is -2.19. The lowest BCUT2D eigenvalue weighted by Gasteiger charge is -2.07. The molecule has 0 heterocycles. The molecule has 5 heteroatoms. The number of carbonyl (C=O) groups excluding carboxylic acids is 2. The van der Waals surface area contributed by atoms with Gasteiger partial charge in [-0.3, -0.25) is 0 Å². The van der Waals surface area contributed by atoms with Crippen LogP contribution in [0.25, 0.3) is 0 Å². The zero-order valence-corrected chi connectivity index (χ0v) is 7.65. The summed E-state index contributed by atoms with van der Waals surface area (Å²) in [6.07, 6.45) is 2.09. The van der Waals surface area contributed by atoms with Crippen LogP contribution in [0.15, 0.2) is 12.2 Å². The van der Waals surface area contributed by atoms with Gasteiger partial charge in [0.15, 0.2) is 0 Å². The van der Waals surface area contributed by atoms with Gasteiger partial charge in [0.05, 0.1) is 7.11 Å². The van der Waals surface area contributed by atoms with Crippen molar-refractivity contribution in [3.8, 4) is 0 Å². The number of nitrogens with two attached hydrogens (primary N) is 1. The summed E-state index contributed by atoms with van der Waals surface area (Å²) in [7, 11) is 1.29. The average molecular weight is 187 g/mol. The lowest BCUT2D eigenvalue weighted by atomic mass is 10.2. The predicted molar refractivity (Wildman–Crippen MR) is 45.9 cm³/mol. The highest BCUT2D eigenvalue weighted by Gasteiger charge is 2.02. The summed E-state index contributed by atoms with van der Waals surface area (Å²) in [6.45, 7) is 1.67. The number of esters is 1. The van der Waals surface area contributed by atoms with E-state index < -0.39 is 12.1 Å². The summed E-state index contributed by atoms with van der Waals surface area (Å²) in [6, 6.07) is 0. The molecule has 0 rings (SSSR count). The maximum absolute atomic E-state index is 10.6. The molecular formula is C8H13NO4. The predicted octanol–water partition coefficient (Wildman–Crippen LogP) is 0.590. The van der Waals surface area contributed by atoms with Gasteiger partial charge in [0.1, 0.15) is 6.10 Å². The summed E-state index contributed by atoms with van der Waals surface area (Å²) in [5.74, 6) is -0.439. The minimum Gasteiger partial charge on any atom is -0.466 e. The third kappa shape index (κ3) is 6.86. The van der Waals surface area contributed by atoms with Crippen molar-refractivity contribution in [1.29, 1.82) is 0 Å². The highest BCUT2D eigenvalue weighted by atomic mass is 16.6. The first-order chi connectivity index (χ1) is 6.06. The zero-order chi connectivity index (χ0) is 10.3. The van der Waals surface area contributed by atoms with Crippen LogP contribution in [0.4, 0.5) is 4.79 Å². The van der Waals surface area contributed by atoms with E-state index in [1.807, 2.05) is 0 Å². The van der Waals surface area contributed by atoms with E-state index in [2.05, 4.69) is 9.47 Å². The second-order valence-corrected chi connectivity index (χ2v) is 2.41. The zero-order valence-electron chi connectivity index (χ0n) is 7.65. The normalized spacial score (nSPS) is 12.5. The molecule has 0 radical (unpaired) electrons. The molecule has 0 saturated carbocycles. The monoisotopic (exact) mass is 187 g/mol. The van der Waals surface area contributed by atoms with Crippen LogP contribution in [0, 0.1) is 0 Å². The van der Waals surface area contributed by atoms with Gasteiger partial charge in [-0.25, -0.2) is 9.59 Å². The van der Waals surface area contributed by atoms with Gasteiger partial charge in [-0.05, 0) is 6.92 Å². The highest BCUT2D eigenvalue weighted by molar-refractivity contribution is 5.81. The maximum atomic E-state index is 10.6. The van der Waals surface area contributed by atoms with Crippen LogP contribution in [-0.4, -0.2) is 25.3 Å². The quantitative estimate of drug-likeness (QED) is 0.516. The molecule has 0 saturated heterocycles. The van der Waals surface area contributed by atoms with Crippen molar-refractivity contribution in [3.05, 3.63) is 12.2 Å². The Bertz CT molecular complexity index is 212. The Hall–Kier alpha value is -1.52. The van der Waals surface area contributed by atoms with Crippen LogP contribution in [0.3, 0.4) is 0 Å². The number of hydrogen-bond donors (Lipinski definition) is 1. The van der Waals surface area contributed by atoms with Gasteiger partial charge in [-0.1, -0.05) is 6.08 Å². The van der Waals surface area contributed by atoms with E-state index in [-0.39, 0.29) is 6.10 Å². The molecule has 74 valence electrons. The molecule has 0 aliphatic rings. The van der Waals surface area contributed by atoms with Gasteiger partial charge >= 0.3 is 12.1 Å². The van der Waals surface area contributed by atoms with Crippen molar-refractivity contribution in [2.75, 3.05) is 7.11 Å². The Morgan fingerprint density at radius 1 is 1.54 bits per heavy atom. The first kappa shape index (κ1) is 11.5. The van der Waals surface area contributed by atoms with Gasteiger partial charge < -0.3 is 15.2 Å². The Balaban J connectivity index is 3.68. The van der Waals surface area contributed by atoms with E-state index in [0.29, 0.717) is 6.42 Å². The number of rotatable bonds is 4. The van der Waals surface area contributed by atoms with Crippen molar-refractivity contribution >= 4 is 12.1 Å². The number of ether oxygens (including phenoxy) is 2. The fourth-order valence-corrected chi connectivity index (χ4v) is 0.670. The molecule has 0 fully saturated rings. The van der Waals surface area contributed by atoms with Crippen LogP contribution >= 0.6 is 0 Å². The number of primary amides is 1. The van der Waals surface area contributed by atoms with Gasteiger partial charge in [0, 0.05) is 12.5 Å². The standard InChI is InChI=1S/C8H13NO4/c1-6(13-8(9)11)4-3-5-7(10)12-2/h3,5-6H,4H2,1-2H3,(H2,9,11)/b5-3-/t6-/m0/s1. The van der Waals surface area contributed by atoms with Crippen LogP contribution in [0.5, 0.6) is 0 Å². The number of methoxy groups -OCH3 is 1. The maximum Gasteiger partial charge on any atom is 0.404 e. The first-order valence-corrected chi connectivity index (χ1v) is 3.76. The second-order valence-electron chi connectivity index (χ2n) is 2.41. The van der Waals surface area contributed by atoms with Crippen LogP contribution < -0.4 is 5.73 Å². The van der Waals surface area contributed by atoms with Gasteiger partial charge in [-0.15, -0.1) is 0 Å². The fraction of sp³-hybridized carbons (Fsp3) is 0.500. The van der Waals surface area contributed by atoms with E-state index in [4.69, 9.17) is 5.73 Å². The summed E-state index contributed by atoms with van der Waals surface area (Å²) < 4.78 is 8.96. The lowest BCUT2D eigenvalue weighted by molar-refractivity contribution is -0.134. The van der Waals surface area contributed by atoms with Gasteiger partial charge in [-0.2, -0.15) is 0 Å². The van der Waals surface area contributed by atoms with E-state index >= 15 is 0 Å². The SMILES string of the molecule is COC(=O)/C=C\C[C@H](C)OC(N)=O. The summed E-state index contributed by atoms with van der Waals surface area (Å²) in [4.78, 5) is 20.8. The van der Waals surface area contributed by atoms with Crippen molar-refractivity contribution in [3.63, 3.8) is 0 Å². The molecule has 1 atom stereocenters. The Kier molecular flexibility index (Phi) is 5.34. The van der Waals surface area contributed by atoms with Crippen molar-refractivity contribution in [2.24, 2.45) is 5.73 Å². The van der Waals surface area contributed by atoms with E-state index in [1.165, 1.54) is 13.2 Å². The van der Waals surface area contributed by atoms with Crippen molar-refractivity contribution in [1.82, 2.24) is 0 Å². The molecule has 13 heavy (non-hydrogen) atoms. The molecule has 1 amide bonds. The molecule has 2 N–H and O–H groups in total. The number of hydrogen-bond acceptors (Lipinski definition) is 4. The largest absolute Gasteiger partial charge is 0.466 e. The Morgan fingerprint density at radius 2 is 2.15 bits per heavy atom. The Labute approximate surface area is 76.5 Å². The summed E-state index contributed by atoms with van der Waals surface area (Å²) in [5, 5.41) is 0. The summed E-state index contributed by atoms with van der Waals surface area (Å²) in [5.41, 5.74) is 4.77. The molecule has 0 unspecified atom stereocenters. The van der Waals surface area contributed by atoms with E-state index in [0.717, 1.165) is 0 Å². The molecule has 0 aromatic heterocycles. The molecule has 0 aromatic rings. The number of amides is 1. The minimum atomic E-state index is -0.820. The second kappa shape index (κ2) is 6.05. The van der Waals surface area contributed by atoms with Gasteiger partial charge in [0.2, 0.25) is 0 Å². The molecule has 0 aliphatic carbocycles. The van der Waals surface area contributed by atoms with Crippen LogP contribution in [0.1, 0.15) is 13.3 Å². The molecule has 5 nitrogen and oxygen atoms in total. The summed E-state index contributed by atoms with van der Waals surface area (Å²) >= 11 is 0. The third-order valence-electron chi connectivity index (χ3n) is 1.24. The minimum absolute atomic E-state index is 0.335. The average Bonchev–Trinajstić information content (AvgIpc) is 2.02. The van der Waals surface area contributed by atoms with Crippen molar-refractivity contribution < 1.29 is 19.1 Å². The third-order valence-corrected chi connectivity index (χ3v) is 1.24. The fourth-order valence-electron chi connectivity index (χ4n) is 0.670. The van der Waals surface area contributed by atoms with Crippen LogP contribution in [-0.2, 0) is 14.3 Å². The smallest absolute Gasteiger partial charge is 0.404 e. The molecule has 0 aromatic carbocycles.